The van der Waals surface area contributed by atoms with E-state index in [9.17, 15) is 117 Å². The van der Waals surface area contributed by atoms with E-state index in [0.29, 0.717) is 0 Å². The van der Waals surface area contributed by atoms with Crippen LogP contribution in [0.4, 0.5) is 0 Å². The van der Waals surface area contributed by atoms with Crippen LogP contribution in [-0.4, -0.2) is 379 Å². The fourth-order valence-electron chi connectivity index (χ4n) is 9.57. The highest BCUT2D eigenvalue weighted by molar-refractivity contribution is 4.98. The summed E-state index contributed by atoms with van der Waals surface area (Å²) in [4.78, 5) is 0. The molecule has 0 aromatic rings. The number of ether oxygens (including phenoxy) is 13. The normalized spacial score (nSPS) is 53.5. The molecule has 7 rings (SSSR count). The van der Waals surface area contributed by atoms with Gasteiger partial charge in [0.2, 0.25) is 0 Å². The molecule has 7 fully saturated rings. The van der Waals surface area contributed by atoms with Gasteiger partial charge in [-0.1, -0.05) is 0 Å². The zero-order valence-corrected chi connectivity index (χ0v) is 40.8. The van der Waals surface area contributed by atoms with Crippen molar-refractivity contribution in [2.75, 3.05) is 46.2 Å². The smallest absolute Gasteiger partial charge is 0.187 e. The molecule has 35 atom stereocenters. The van der Waals surface area contributed by atoms with Crippen molar-refractivity contribution in [1.29, 1.82) is 0 Å². The van der Waals surface area contributed by atoms with Gasteiger partial charge in [-0.15, -0.1) is 0 Å². The van der Waals surface area contributed by atoms with E-state index in [2.05, 4.69) is 0 Å². The van der Waals surface area contributed by atoms with E-state index in [0.717, 1.165) is 0 Å². The summed E-state index contributed by atoms with van der Waals surface area (Å²) >= 11 is 0. The van der Waals surface area contributed by atoms with Crippen LogP contribution in [-0.2, 0) is 61.6 Å². The standard InChI is InChI=1S/C42H72O36/c43-1-8-15(46)22(53)27(58)37(71-8)66-4-11-17(48)24(55)28(59)38(74-11)67-6-13-19(50)26(57)31(62)42(76-13)78-35-20(51)10(3-45)72-40(33(35)64)69-5-12-18(49)25(56)29(60)39(75-12)68-7-14-21(52)34(32(63)36(65)70-14)77-41-30(61)23(54)16(47)9(2-44)73-41/h8-65H,1-7H2/t8-,9-,10-,11-,12-,13-,14-,15-,16-,17-,18-,19-,20-,21-,22+,23+,24+,25+,26+,27-,28-,29-,30-,31-,32-,33-,34+,35+,36?,37-,38-,39-,40-,41+,42+/m1/s1. The van der Waals surface area contributed by atoms with Crippen molar-refractivity contribution >= 4 is 0 Å². The van der Waals surface area contributed by atoms with Crippen molar-refractivity contribution in [2.45, 2.75) is 215 Å². The molecule has 36 heteroatoms. The second-order valence-corrected chi connectivity index (χ2v) is 19.7. The molecule has 36 nitrogen and oxygen atoms in total. The molecule has 0 spiro atoms. The van der Waals surface area contributed by atoms with Crippen LogP contribution >= 0.6 is 0 Å². The topological polar surface area (TPSA) is 585 Å². The van der Waals surface area contributed by atoms with Gasteiger partial charge in [-0.25, -0.2) is 0 Å². The van der Waals surface area contributed by atoms with Gasteiger partial charge in [0.15, 0.2) is 44.0 Å². The van der Waals surface area contributed by atoms with Crippen molar-refractivity contribution in [3.8, 4) is 0 Å². The second kappa shape index (κ2) is 27.5. The molecule has 0 amide bonds. The first-order valence-corrected chi connectivity index (χ1v) is 24.6. The van der Waals surface area contributed by atoms with Crippen LogP contribution in [0.15, 0.2) is 0 Å². The summed E-state index contributed by atoms with van der Waals surface area (Å²) < 4.78 is 71.2. The van der Waals surface area contributed by atoms with Crippen molar-refractivity contribution in [1.82, 2.24) is 0 Å². The third-order valence-corrected chi connectivity index (χ3v) is 14.5. The van der Waals surface area contributed by atoms with Gasteiger partial charge >= 0.3 is 0 Å². The molecule has 7 heterocycles. The third kappa shape index (κ3) is 13.5. The van der Waals surface area contributed by atoms with E-state index in [4.69, 9.17) is 61.6 Å². The van der Waals surface area contributed by atoms with E-state index < -0.39 is 261 Å². The van der Waals surface area contributed by atoms with E-state index in [-0.39, 0.29) is 0 Å². The molecule has 7 aliphatic rings. The van der Waals surface area contributed by atoms with Gasteiger partial charge in [0.05, 0.1) is 46.2 Å². The van der Waals surface area contributed by atoms with Crippen LogP contribution in [0.1, 0.15) is 0 Å². The van der Waals surface area contributed by atoms with Crippen LogP contribution in [0, 0.1) is 0 Å². The minimum absolute atomic E-state index is 0.734. The van der Waals surface area contributed by atoms with Crippen molar-refractivity contribution in [3.05, 3.63) is 0 Å². The van der Waals surface area contributed by atoms with Crippen LogP contribution in [0.25, 0.3) is 0 Å². The van der Waals surface area contributed by atoms with Gasteiger partial charge in [-0.3, -0.25) is 0 Å². The summed E-state index contributed by atoms with van der Waals surface area (Å²) in [5, 5.41) is 242. The summed E-state index contributed by atoms with van der Waals surface area (Å²) in [6.45, 7) is -5.95. The lowest BCUT2D eigenvalue weighted by Gasteiger charge is -2.47. The maximum absolute atomic E-state index is 11.4. The van der Waals surface area contributed by atoms with E-state index in [1.807, 2.05) is 0 Å². The van der Waals surface area contributed by atoms with E-state index in [1.54, 1.807) is 0 Å². The van der Waals surface area contributed by atoms with Gasteiger partial charge in [0.1, 0.15) is 171 Å². The zero-order valence-electron chi connectivity index (χ0n) is 40.8. The fraction of sp³-hybridized carbons (Fsp3) is 1.00. The predicted molar refractivity (Wildman–Crippen MR) is 232 cm³/mol. The Morgan fingerprint density at radius 2 is 0.449 bits per heavy atom. The Labute approximate surface area is 439 Å². The van der Waals surface area contributed by atoms with Crippen LogP contribution in [0.3, 0.4) is 0 Å². The first kappa shape index (κ1) is 64.1. The summed E-state index contributed by atoms with van der Waals surface area (Å²) in [5.74, 6) is 0. The molecule has 456 valence electrons. The maximum Gasteiger partial charge on any atom is 0.187 e. The monoisotopic (exact) mass is 1150 g/mol. The first-order valence-electron chi connectivity index (χ1n) is 24.6. The summed E-state index contributed by atoms with van der Waals surface area (Å²) in [7, 11) is 0. The number of aliphatic hydroxyl groups excluding tert-OH is 23. The molecule has 0 bridgehead atoms. The summed E-state index contributed by atoms with van der Waals surface area (Å²) in [5.41, 5.74) is 0. The average molecular weight is 1150 g/mol. The van der Waals surface area contributed by atoms with Crippen LogP contribution in [0.2, 0.25) is 0 Å². The molecular formula is C42H72O36. The fourth-order valence-corrected chi connectivity index (χ4v) is 9.57. The van der Waals surface area contributed by atoms with Crippen molar-refractivity contribution in [2.24, 2.45) is 0 Å². The quantitative estimate of drug-likeness (QED) is 0.0571. The van der Waals surface area contributed by atoms with Crippen LogP contribution in [0.5, 0.6) is 0 Å². The molecule has 0 aromatic heterocycles. The van der Waals surface area contributed by atoms with Gasteiger partial charge in [0.25, 0.3) is 0 Å². The Morgan fingerprint density at radius 1 is 0.218 bits per heavy atom. The molecule has 1 unspecified atom stereocenters. The molecule has 23 N–H and O–H groups in total. The molecule has 0 radical (unpaired) electrons. The number of hydrogen-bond donors (Lipinski definition) is 23. The molecule has 7 saturated heterocycles. The Balaban J connectivity index is 0.943. The molecule has 7 aliphatic heterocycles. The molecule has 78 heavy (non-hydrogen) atoms. The van der Waals surface area contributed by atoms with Gasteiger partial charge in [-0.2, -0.15) is 0 Å². The highest BCUT2D eigenvalue weighted by Gasteiger charge is 2.55. The molecule has 0 aliphatic carbocycles. The lowest BCUT2D eigenvalue weighted by atomic mass is 9.96. The predicted octanol–water partition coefficient (Wildman–Crippen LogP) is -16.3. The minimum atomic E-state index is -2.16. The largest absolute Gasteiger partial charge is 0.394 e. The summed E-state index contributed by atoms with van der Waals surface area (Å²) in [6.07, 6.45) is -66.1. The van der Waals surface area contributed by atoms with Gasteiger partial charge in [0, 0.05) is 0 Å². The Bertz CT molecular complexity index is 1820. The Hall–Kier alpha value is -1.44. The van der Waals surface area contributed by atoms with E-state index in [1.165, 1.54) is 0 Å². The van der Waals surface area contributed by atoms with Gasteiger partial charge in [-0.05, 0) is 0 Å². The minimum Gasteiger partial charge on any atom is -0.394 e. The molecule has 0 saturated carbocycles. The highest BCUT2D eigenvalue weighted by atomic mass is 16.8. The average Bonchev–Trinajstić information content (AvgIpc) is 3.46. The summed E-state index contributed by atoms with van der Waals surface area (Å²) in [6, 6.07) is 0. The van der Waals surface area contributed by atoms with Crippen LogP contribution < -0.4 is 0 Å². The number of aliphatic hydroxyl groups is 23. The molecular weight excluding hydrogens is 1080 g/mol. The van der Waals surface area contributed by atoms with Gasteiger partial charge < -0.3 is 179 Å². The molecule has 0 aromatic carbocycles. The Kier molecular flexibility index (Phi) is 22.6. The first-order chi connectivity index (χ1) is 36.8. The number of rotatable bonds is 19. The Morgan fingerprint density at radius 3 is 0.795 bits per heavy atom. The lowest BCUT2D eigenvalue weighted by Crippen LogP contribution is -2.65. The maximum atomic E-state index is 11.4. The van der Waals surface area contributed by atoms with Crippen molar-refractivity contribution < 1.29 is 179 Å². The van der Waals surface area contributed by atoms with E-state index >= 15 is 0 Å². The SMILES string of the molecule is OC[C@H]1O[C@@H](OC[C@H]2O[C@@H](OC[C@H]3O[C@@H](O[C@@H]4[C@@H](O)[C@H](OC[C@H]5O[C@@H](OC[C@H]6OC(O)[C@H](O)[C@@H](O[C@@H]7O[C@H](CO)[C@@H](O)[C@H](O)[C@H]7O)[C@@H]6O)[C@H](O)[C@@H](O)[C@@H]5O)O[C@H](CO)[C@H]4O)[C@H](O)[C@@H](O)[C@@H]3O)[C@H](O)[C@@H](O)[C@@H]2O)[C@H](O)[C@@H](O)[C@@H]1O. The zero-order chi connectivity index (χ0) is 57.3. The lowest BCUT2D eigenvalue weighted by molar-refractivity contribution is -0.372. The van der Waals surface area contributed by atoms with Crippen molar-refractivity contribution in [3.63, 3.8) is 0 Å². The third-order valence-electron chi connectivity index (χ3n) is 14.5. The number of hydrogen-bond acceptors (Lipinski definition) is 36. The highest BCUT2D eigenvalue weighted by Crippen LogP contribution is 2.34. The second-order valence-electron chi connectivity index (χ2n) is 19.7.